The van der Waals surface area contributed by atoms with Gasteiger partial charge in [-0.3, -0.25) is 0 Å². The molecule has 0 amide bonds. The zero-order chi connectivity index (χ0) is 46.2. The first-order valence-corrected chi connectivity index (χ1v) is 24.2. The number of nitrogens with zero attached hydrogens (tertiary/aromatic N) is 3. The van der Waals surface area contributed by atoms with Gasteiger partial charge in [-0.1, -0.05) is 188 Å². The van der Waals surface area contributed by atoms with Gasteiger partial charge in [0, 0.05) is 50.5 Å². The second-order valence-corrected chi connectivity index (χ2v) is 18.4. The van der Waals surface area contributed by atoms with Crippen molar-refractivity contribution in [2.75, 3.05) is 9.80 Å². The molecule has 0 saturated carbocycles. The van der Waals surface area contributed by atoms with E-state index in [1.165, 1.54) is 71.9 Å². The Morgan fingerprint density at radius 3 is 1.53 bits per heavy atom. The average molecular weight is 892 g/mol. The lowest BCUT2D eigenvalue weighted by atomic mass is 9.69. The molecule has 1 aromatic heterocycles. The van der Waals surface area contributed by atoms with Crippen LogP contribution in [-0.4, -0.2) is 4.57 Å². The smallest absolute Gasteiger partial charge is 0.0746 e. The van der Waals surface area contributed by atoms with Crippen LogP contribution < -0.4 is 9.80 Å². The molecule has 0 radical (unpaired) electrons. The summed E-state index contributed by atoms with van der Waals surface area (Å²) in [6, 6.07) is 100. The quantitative estimate of drug-likeness (QED) is 0.151. The van der Waals surface area contributed by atoms with Gasteiger partial charge in [0.15, 0.2) is 0 Å². The number of hydrogen-bond donors (Lipinski definition) is 0. The molecular weight excluding hydrogens is 847 g/mol. The summed E-state index contributed by atoms with van der Waals surface area (Å²) in [5, 5.41) is 2.46. The maximum absolute atomic E-state index is 2.50. The maximum atomic E-state index is 2.50. The number of para-hydroxylation sites is 4. The molecule has 0 bridgehead atoms. The first kappa shape index (κ1) is 39.9. The predicted octanol–water partition coefficient (Wildman–Crippen LogP) is 17.7. The van der Waals surface area contributed by atoms with E-state index < -0.39 is 5.41 Å². The van der Waals surface area contributed by atoms with Gasteiger partial charge in [-0.05, 0) is 135 Å². The lowest BCUT2D eigenvalue weighted by molar-refractivity contribution is 0.793. The molecule has 0 aliphatic heterocycles. The van der Waals surface area contributed by atoms with Crippen molar-refractivity contribution < 1.29 is 0 Å². The molecule has 3 nitrogen and oxygen atoms in total. The normalized spacial score (nSPS) is 14.1. The summed E-state index contributed by atoms with van der Waals surface area (Å²) in [7, 11) is 0. The number of fused-ring (bicyclic) bond motifs is 13. The van der Waals surface area contributed by atoms with Crippen LogP contribution in [0.15, 0.2) is 273 Å². The van der Waals surface area contributed by atoms with Crippen LogP contribution >= 0.6 is 0 Å². The third-order valence-corrected chi connectivity index (χ3v) is 14.7. The van der Waals surface area contributed by atoms with Crippen LogP contribution in [0, 0.1) is 0 Å². The van der Waals surface area contributed by atoms with Crippen molar-refractivity contribution in [2.24, 2.45) is 0 Å². The Bertz CT molecular complexity index is 3940. The molecule has 2 aliphatic carbocycles. The van der Waals surface area contributed by atoms with Crippen LogP contribution in [0.1, 0.15) is 22.3 Å². The van der Waals surface area contributed by atoms with Crippen molar-refractivity contribution >= 4 is 55.9 Å². The minimum atomic E-state index is -0.652. The van der Waals surface area contributed by atoms with Crippen LogP contribution in [0.3, 0.4) is 0 Å². The Hall–Kier alpha value is -9.18. The maximum Gasteiger partial charge on any atom is 0.0746 e. The number of aromatic nitrogens is 1. The molecule has 12 aromatic rings. The first-order chi connectivity index (χ1) is 34.8. The van der Waals surface area contributed by atoms with Crippen LogP contribution in [0.2, 0.25) is 0 Å². The van der Waals surface area contributed by atoms with Gasteiger partial charge in [-0.15, -0.1) is 0 Å². The molecule has 1 spiro atoms. The van der Waals surface area contributed by atoms with Crippen molar-refractivity contribution in [3.05, 3.63) is 295 Å². The molecule has 0 N–H and O–H groups in total. The number of hydrogen-bond acceptors (Lipinski definition) is 2. The lowest BCUT2D eigenvalue weighted by Crippen LogP contribution is -2.28. The summed E-state index contributed by atoms with van der Waals surface area (Å²) in [5.41, 5.74) is 22.0. The fourth-order valence-electron chi connectivity index (χ4n) is 11.9. The third-order valence-electron chi connectivity index (χ3n) is 14.7. The Morgan fingerprint density at radius 2 is 0.786 bits per heavy atom. The predicted molar refractivity (Wildman–Crippen MR) is 292 cm³/mol. The topological polar surface area (TPSA) is 11.4 Å². The van der Waals surface area contributed by atoms with Crippen molar-refractivity contribution in [3.63, 3.8) is 0 Å². The van der Waals surface area contributed by atoms with Gasteiger partial charge in [0.1, 0.15) is 0 Å². The summed E-state index contributed by atoms with van der Waals surface area (Å²) < 4.78 is 2.41. The molecule has 1 unspecified atom stereocenters. The standard InChI is InChI=1S/C67H45N3/c1-5-21-46(22-6-1)47-23-19-30-51(43-47)69(49-26-9-3-10-27-49)64-38-20-34-59-55-32-14-17-36-61(55)67(66(59)64)60-35-16-13-31-54(60)56-41-39-52(44-62(56)67)68(48-24-7-2-8-25-48)53-40-42-58-57-33-15-18-37-63(57)70(65(58)45-53)50-28-11-4-12-29-50/h1-45H. The van der Waals surface area contributed by atoms with E-state index in [4.69, 9.17) is 0 Å². The van der Waals surface area contributed by atoms with E-state index >= 15 is 0 Å². The Morgan fingerprint density at radius 1 is 0.286 bits per heavy atom. The van der Waals surface area contributed by atoms with Crippen LogP contribution in [-0.2, 0) is 5.41 Å². The fourth-order valence-corrected chi connectivity index (χ4v) is 11.9. The molecular formula is C67H45N3. The van der Waals surface area contributed by atoms with Crippen molar-refractivity contribution in [1.29, 1.82) is 0 Å². The zero-order valence-corrected chi connectivity index (χ0v) is 38.3. The summed E-state index contributed by atoms with van der Waals surface area (Å²) in [6.45, 7) is 0. The highest BCUT2D eigenvalue weighted by Crippen LogP contribution is 2.66. The minimum Gasteiger partial charge on any atom is -0.310 e. The van der Waals surface area contributed by atoms with Crippen molar-refractivity contribution in [3.8, 4) is 39.1 Å². The SMILES string of the molecule is c1ccc(-c2cccc(N(c3ccccc3)c3cccc4c3C3(c5ccccc5-c5ccc(N(c6ccccc6)c6ccc7c8ccccc8n(-c8ccccc8)c7c6)cc53)c3ccccc3-4)c2)cc1. The Kier molecular flexibility index (Phi) is 9.11. The van der Waals surface area contributed by atoms with Gasteiger partial charge in [0.05, 0.1) is 22.1 Å². The van der Waals surface area contributed by atoms with Gasteiger partial charge in [0.25, 0.3) is 0 Å². The van der Waals surface area contributed by atoms with E-state index in [0.29, 0.717) is 0 Å². The third kappa shape index (κ3) is 5.95. The number of anilines is 6. The van der Waals surface area contributed by atoms with Crippen LogP contribution in [0.25, 0.3) is 60.9 Å². The summed E-state index contributed by atoms with van der Waals surface area (Å²) in [6.07, 6.45) is 0. The molecule has 1 atom stereocenters. The highest BCUT2D eigenvalue weighted by molar-refractivity contribution is 6.10. The highest BCUT2D eigenvalue weighted by Gasteiger charge is 2.53. The first-order valence-electron chi connectivity index (χ1n) is 24.2. The fraction of sp³-hybridized carbons (Fsp3) is 0.0149. The monoisotopic (exact) mass is 891 g/mol. The summed E-state index contributed by atoms with van der Waals surface area (Å²) in [4.78, 5) is 4.93. The van der Waals surface area contributed by atoms with E-state index in [9.17, 15) is 0 Å². The molecule has 0 fully saturated rings. The summed E-state index contributed by atoms with van der Waals surface area (Å²) in [5.74, 6) is 0. The van der Waals surface area contributed by atoms with E-state index in [1.54, 1.807) is 0 Å². The summed E-state index contributed by atoms with van der Waals surface area (Å²) >= 11 is 0. The zero-order valence-electron chi connectivity index (χ0n) is 38.3. The van der Waals surface area contributed by atoms with Gasteiger partial charge >= 0.3 is 0 Å². The highest BCUT2D eigenvalue weighted by atomic mass is 15.2. The van der Waals surface area contributed by atoms with Crippen molar-refractivity contribution in [1.82, 2.24) is 4.57 Å². The van der Waals surface area contributed by atoms with Crippen LogP contribution in [0.4, 0.5) is 34.1 Å². The minimum absolute atomic E-state index is 0.652. The Labute approximate surface area is 408 Å². The van der Waals surface area contributed by atoms with Crippen molar-refractivity contribution in [2.45, 2.75) is 5.41 Å². The Balaban J connectivity index is 1.03. The second kappa shape index (κ2) is 16.0. The molecule has 70 heavy (non-hydrogen) atoms. The van der Waals surface area contributed by atoms with E-state index in [0.717, 1.165) is 45.3 Å². The van der Waals surface area contributed by atoms with Crippen LogP contribution in [0.5, 0.6) is 0 Å². The average Bonchev–Trinajstić information content (AvgIpc) is 4.04. The number of rotatable bonds is 8. The van der Waals surface area contributed by atoms with E-state index in [-0.39, 0.29) is 0 Å². The van der Waals surface area contributed by atoms with Gasteiger partial charge in [-0.25, -0.2) is 0 Å². The van der Waals surface area contributed by atoms with E-state index in [2.05, 4.69) is 287 Å². The lowest BCUT2D eigenvalue weighted by Gasteiger charge is -2.36. The van der Waals surface area contributed by atoms with Gasteiger partial charge in [-0.2, -0.15) is 0 Å². The van der Waals surface area contributed by atoms with Gasteiger partial charge in [0.2, 0.25) is 0 Å². The number of benzene rings is 11. The molecule has 3 heteroatoms. The second-order valence-electron chi connectivity index (χ2n) is 18.4. The largest absolute Gasteiger partial charge is 0.310 e. The molecule has 328 valence electrons. The molecule has 14 rings (SSSR count). The van der Waals surface area contributed by atoms with E-state index in [1.807, 2.05) is 0 Å². The molecule has 0 saturated heterocycles. The molecule has 2 aliphatic rings. The molecule has 11 aromatic carbocycles. The van der Waals surface area contributed by atoms with Gasteiger partial charge < -0.3 is 14.4 Å². The molecule has 1 heterocycles.